The molecule has 1 heteroatoms. The highest BCUT2D eigenvalue weighted by Crippen LogP contribution is 2.25. The van der Waals surface area contributed by atoms with Gasteiger partial charge in [-0.15, -0.1) is 11.8 Å². The van der Waals surface area contributed by atoms with E-state index in [0.29, 0.717) is 5.41 Å². The number of allylic oxidation sites excluding steroid dienone is 3. The maximum atomic E-state index is 3.66. The van der Waals surface area contributed by atoms with Crippen LogP contribution in [0.4, 0.5) is 0 Å². The standard InChI is InChI=1S/C10H18S/c1-6-7-9(2)11-8-10(3,4)5/h6-7H,1,8H2,2-5H3/b9-7+. The fourth-order valence-corrected chi connectivity index (χ4v) is 1.40. The third-order valence-electron chi connectivity index (χ3n) is 1.09. The summed E-state index contributed by atoms with van der Waals surface area (Å²) >= 11 is 1.90. The highest BCUT2D eigenvalue weighted by Gasteiger charge is 2.09. The highest BCUT2D eigenvalue weighted by molar-refractivity contribution is 8.03. The van der Waals surface area contributed by atoms with Gasteiger partial charge in [-0.25, -0.2) is 0 Å². The zero-order chi connectivity index (χ0) is 8.91. The Bertz CT molecular complexity index is 149. The van der Waals surface area contributed by atoms with E-state index in [2.05, 4.69) is 40.3 Å². The van der Waals surface area contributed by atoms with E-state index in [4.69, 9.17) is 0 Å². The van der Waals surface area contributed by atoms with Crippen molar-refractivity contribution in [1.29, 1.82) is 0 Å². The molecule has 0 saturated carbocycles. The van der Waals surface area contributed by atoms with E-state index in [1.165, 1.54) is 10.7 Å². The molecule has 64 valence electrons. The highest BCUT2D eigenvalue weighted by atomic mass is 32.2. The lowest BCUT2D eigenvalue weighted by Crippen LogP contribution is -2.07. The molecule has 0 N–H and O–H groups in total. The molecular weight excluding hydrogens is 152 g/mol. The Morgan fingerprint density at radius 1 is 1.45 bits per heavy atom. The Kier molecular flexibility index (Phi) is 4.58. The van der Waals surface area contributed by atoms with Gasteiger partial charge in [0.2, 0.25) is 0 Å². The van der Waals surface area contributed by atoms with E-state index in [9.17, 15) is 0 Å². The smallest absolute Gasteiger partial charge is 0.00254 e. The minimum Gasteiger partial charge on any atom is -0.130 e. The molecule has 0 spiro atoms. The quantitative estimate of drug-likeness (QED) is 0.580. The molecule has 0 aliphatic heterocycles. The molecule has 0 radical (unpaired) electrons. The van der Waals surface area contributed by atoms with Gasteiger partial charge in [-0.3, -0.25) is 0 Å². The molecule has 0 aliphatic carbocycles. The second-order valence-corrected chi connectivity index (χ2v) is 5.08. The third kappa shape index (κ3) is 7.73. The average Bonchev–Trinajstić information content (AvgIpc) is 1.83. The van der Waals surface area contributed by atoms with Crippen LogP contribution in [0.2, 0.25) is 0 Å². The topological polar surface area (TPSA) is 0 Å². The Morgan fingerprint density at radius 3 is 2.36 bits per heavy atom. The van der Waals surface area contributed by atoms with E-state index >= 15 is 0 Å². The maximum Gasteiger partial charge on any atom is 0.00254 e. The summed E-state index contributed by atoms with van der Waals surface area (Å²) in [7, 11) is 0. The number of hydrogen-bond acceptors (Lipinski definition) is 1. The van der Waals surface area contributed by atoms with E-state index in [1.54, 1.807) is 0 Å². The SMILES string of the molecule is C=C/C=C(\C)SCC(C)(C)C. The summed E-state index contributed by atoms with van der Waals surface area (Å²) < 4.78 is 0. The lowest BCUT2D eigenvalue weighted by Gasteiger charge is -2.17. The van der Waals surface area contributed by atoms with Crippen LogP contribution >= 0.6 is 11.8 Å². The van der Waals surface area contributed by atoms with Gasteiger partial charge in [0.25, 0.3) is 0 Å². The van der Waals surface area contributed by atoms with Gasteiger partial charge < -0.3 is 0 Å². The van der Waals surface area contributed by atoms with Crippen LogP contribution in [0.5, 0.6) is 0 Å². The van der Waals surface area contributed by atoms with E-state index < -0.39 is 0 Å². The summed E-state index contributed by atoms with van der Waals surface area (Å²) in [6, 6.07) is 0. The molecule has 0 rings (SSSR count). The Morgan fingerprint density at radius 2 is 2.00 bits per heavy atom. The Hall–Kier alpha value is -0.170. The molecular formula is C10H18S. The molecule has 0 heterocycles. The van der Waals surface area contributed by atoms with E-state index in [-0.39, 0.29) is 0 Å². The van der Waals surface area contributed by atoms with Crippen molar-refractivity contribution in [3.05, 3.63) is 23.6 Å². The first-order valence-corrected chi connectivity index (χ1v) is 4.86. The van der Waals surface area contributed by atoms with Crippen LogP contribution in [0, 0.1) is 5.41 Å². The number of hydrogen-bond donors (Lipinski definition) is 0. The van der Waals surface area contributed by atoms with Crippen LogP contribution in [0.3, 0.4) is 0 Å². The zero-order valence-corrected chi connectivity index (χ0v) is 8.79. The molecule has 0 amide bonds. The first-order chi connectivity index (χ1) is 4.95. The van der Waals surface area contributed by atoms with Gasteiger partial charge in [0.1, 0.15) is 0 Å². The van der Waals surface area contributed by atoms with Gasteiger partial charge in [0.15, 0.2) is 0 Å². The predicted octanol–water partition coefficient (Wildman–Crippen LogP) is 3.86. The molecule has 11 heavy (non-hydrogen) atoms. The molecule has 0 aromatic carbocycles. The van der Waals surface area contributed by atoms with Crippen LogP contribution in [-0.4, -0.2) is 5.75 Å². The van der Waals surface area contributed by atoms with E-state index in [0.717, 1.165) is 0 Å². The van der Waals surface area contributed by atoms with Crippen molar-refractivity contribution in [2.24, 2.45) is 5.41 Å². The molecule has 0 nitrogen and oxygen atoms in total. The van der Waals surface area contributed by atoms with Crippen molar-refractivity contribution in [3.8, 4) is 0 Å². The molecule has 0 saturated heterocycles. The van der Waals surface area contributed by atoms with Gasteiger partial charge in [-0.2, -0.15) is 0 Å². The van der Waals surface area contributed by atoms with Crippen LogP contribution in [0.15, 0.2) is 23.6 Å². The lowest BCUT2D eigenvalue weighted by atomic mass is 10.0. The number of thioether (sulfide) groups is 1. The van der Waals surface area contributed by atoms with Gasteiger partial charge in [-0.05, 0) is 17.2 Å². The minimum atomic E-state index is 0.418. The van der Waals surface area contributed by atoms with Gasteiger partial charge in [-0.1, -0.05) is 39.5 Å². The Labute approximate surface area is 74.8 Å². The second kappa shape index (κ2) is 4.66. The van der Waals surface area contributed by atoms with Crippen LogP contribution in [-0.2, 0) is 0 Å². The minimum absolute atomic E-state index is 0.418. The van der Waals surface area contributed by atoms with Crippen LogP contribution in [0.1, 0.15) is 27.7 Å². The van der Waals surface area contributed by atoms with E-state index in [1.807, 2.05) is 17.8 Å². The van der Waals surface area contributed by atoms with Crippen molar-refractivity contribution in [2.75, 3.05) is 5.75 Å². The largest absolute Gasteiger partial charge is 0.130 e. The second-order valence-electron chi connectivity index (χ2n) is 3.86. The normalized spacial score (nSPS) is 13.3. The summed E-state index contributed by atoms with van der Waals surface area (Å²) in [4.78, 5) is 1.34. The molecule has 0 fully saturated rings. The van der Waals surface area contributed by atoms with Gasteiger partial charge in [0, 0.05) is 5.75 Å². The summed E-state index contributed by atoms with van der Waals surface area (Å²) in [6.07, 6.45) is 3.89. The van der Waals surface area contributed by atoms with Crippen molar-refractivity contribution in [3.63, 3.8) is 0 Å². The summed E-state index contributed by atoms with van der Waals surface area (Å²) in [5.41, 5.74) is 0.418. The summed E-state index contributed by atoms with van der Waals surface area (Å²) in [5.74, 6) is 1.17. The molecule has 0 atom stereocenters. The fourth-order valence-electron chi connectivity index (χ4n) is 0.544. The molecule has 0 unspecified atom stereocenters. The van der Waals surface area contributed by atoms with Crippen molar-refractivity contribution in [1.82, 2.24) is 0 Å². The molecule has 0 aliphatic rings. The zero-order valence-electron chi connectivity index (χ0n) is 7.98. The van der Waals surface area contributed by atoms with Crippen molar-refractivity contribution < 1.29 is 0 Å². The summed E-state index contributed by atoms with van der Waals surface area (Å²) in [5, 5.41) is 0. The molecule has 0 aromatic heterocycles. The summed E-state index contributed by atoms with van der Waals surface area (Å²) in [6.45, 7) is 12.5. The molecule has 0 bridgehead atoms. The lowest BCUT2D eigenvalue weighted by molar-refractivity contribution is 0.481. The fraction of sp³-hybridized carbons (Fsp3) is 0.600. The monoisotopic (exact) mass is 170 g/mol. The first-order valence-electron chi connectivity index (χ1n) is 3.88. The first kappa shape index (κ1) is 10.8. The van der Waals surface area contributed by atoms with Gasteiger partial charge >= 0.3 is 0 Å². The van der Waals surface area contributed by atoms with Crippen molar-refractivity contribution >= 4 is 11.8 Å². The third-order valence-corrected chi connectivity index (χ3v) is 2.69. The van der Waals surface area contributed by atoms with Crippen molar-refractivity contribution in [2.45, 2.75) is 27.7 Å². The van der Waals surface area contributed by atoms with Crippen LogP contribution < -0.4 is 0 Å². The molecule has 0 aromatic rings. The van der Waals surface area contributed by atoms with Crippen LogP contribution in [0.25, 0.3) is 0 Å². The Balaban J connectivity index is 3.71. The average molecular weight is 170 g/mol. The maximum absolute atomic E-state index is 3.66. The van der Waals surface area contributed by atoms with Gasteiger partial charge in [0.05, 0.1) is 0 Å². The number of rotatable bonds is 3. The predicted molar refractivity (Wildman–Crippen MR) is 55.9 cm³/mol.